The van der Waals surface area contributed by atoms with Gasteiger partial charge in [-0.15, -0.1) is 12.4 Å². The smallest absolute Gasteiger partial charge is 0.165 e. The van der Waals surface area contributed by atoms with Gasteiger partial charge in [-0.25, -0.2) is 0 Å². The molecular formula is C22H28ClNO3. The van der Waals surface area contributed by atoms with Crippen molar-refractivity contribution in [3.05, 3.63) is 65.7 Å². The molecule has 2 aromatic carbocycles. The summed E-state index contributed by atoms with van der Waals surface area (Å²) >= 11 is 0. The first-order valence-corrected chi connectivity index (χ1v) is 9.24. The maximum Gasteiger partial charge on any atom is 0.165 e. The molecule has 27 heavy (non-hydrogen) atoms. The van der Waals surface area contributed by atoms with Crippen LogP contribution in [0, 0.1) is 0 Å². The predicted octanol–water partition coefficient (Wildman–Crippen LogP) is 3.76. The molecule has 0 bridgehead atoms. The largest absolute Gasteiger partial charge is 0.497 e. The number of piperidine rings is 1. The van der Waals surface area contributed by atoms with Crippen molar-refractivity contribution < 1.29 is 14.6 Å². The maximum absolute atomic E-state index is 12.4. The molecular weight excluding hydrogens is 362 g/mol. The van der Waals surface area contributed by atoms with Gasteiger partial charge in [0.15, 0.2) is 5.78 Å². The molecule has 0 unspecified atom stereocenters. The first-order chi connectivity index (χ1) is 12.6. The zero-order valence-electron chi connectivity index (χ0n) is 15.8. The topological polar surface area (TPSA) is 49.8 Å². The van der Waals surface area contributed by atoms with Gasteiger partial charge in [0.05, 0.1) is 12.7 Å². The molecule has 0 aromatic heterocycles. The summed E-state index contributed by atoms with van der Waals surface area (Å²) < 4.78 is 5.18. The zero-order chi connectivity index (χ0) is 18.4. The van der Waals surface area contributed by atoms with Crippen LogP contribution >= 0.6 is 12.4 Å². The number of halogens is 1. The Balaban J connectivity index is 0.00000261. The number of carbonyl (C=O) groups excluding carboxylic acids is 1. The van der Waals surface area contributed by atoms with E-state index in [2.05, 4.69) is 17.0 Å². The van der Waals surface area contributed by atoms with E-state index in [9.17, 15) is 9.90 Å². The van der Waals surface area contributed by atoms with E-state index < -0.39 is 5.60 Å². The Labute approximate surface area is 167 Å². The van der Waals surface area contributed by atoms with Crippen LogP contribution in [0.3, 0.4) is 0 Å². The Kier molecular flexibility index (Phi) is 7.84. The predicted molar refractivity (Wildman–Crippen MR) is 110 cm³/mol. The summed E-state index contributed by atoms with van der Waals surface area (Å²) in [5.74, 6) is 0.902. The molecule has 0 atom stereocenters. The van der Waals surface area contributed by atoms with Crippen LogP contribution in [0.1, 0.15) is 35.2 Å². The van der Waals surface area contributed by atoms with Crippen LogP contribution in [0.5, 0.6) is 5.75 Å². The third kappa shape index (κ3) is 6.06. The van der Waals surface area contributed by atoms with Crippen molar-refractivity contribution in [1.29, 1.82) is 0 Å². The van der Waals surface area contributed by atoms with Gasteiger partial charge in [0.25, 0.3) is 0 Å². The molecule has 0 aliphatic carbocycles. The van der Waals surface area contributed by atoms with Crippen LogP contribution in [-0.2, 0) is 6.42 Å². The molecule has 4 nitrogen and oxygen atoms in total. The highest BCUT2D eigenvalue weighted by atomic mass is 35.5. The second-order valence-electron chi connectivity index (χ2n) is 7.13. The maximum atomic E-state index is 12.4. The molecule has 1 saturated heterocycles. The lowest BCUT2D eigenvalue weighted by Crippen LogP contribution is -2.46. The van der Waals surface area contributed by atoms with Crippen LogP contribution in [-0.4, -0.2) is 48.1 Å². The first kappa shape index (κ1) is 21.4. The molecule has 0 radical (unpaired) electrons. The van der Waals surface area contributed by atoms with Crippen LogP contribution in [0.25, 0.3) is 0 Å². The number of carbonyl (C=O) groups is 1. The fraction of sp³-hybridized carbons (Fsp3) is 0.409. The van der Waals surface area contributed by atoms with Crippen molar-refractivity contribution in [1.82, 2.24) is 4.90 Å². The average molecular weight is 390 g/mol. The minimum atomic E-state index is -0.871. The lowest BCUT2D eigenvalue weighted by Gasteiger charge is -2.38. The zero-order valence-corrected chi connectivity index (χ0v) is 16.6. The molecule has 1 aliphatic heterocycles. The Hall–Kier alpha value is -1.88. The van der Waals surface area contributed by atoms with Crippen molar-refractivity contribution in [2.45, 2.75) is 31.3 Å². The van der Waals surface area contributed by atoms with Crippen LogP contribution < -0.4 is 4.74 Å². The van der Waals surface area contributed by atoms with Crippen molar-refractivity contribution in [3.8, 4) is 5.75 Å². The minimum absolute atomic E-state index is 0. The lowest BCUT2D eigenvalue weighted by atomic mass is 9.85. The highest BCUT2D eigenvalue weighted by molar-refractivity contribution is 5.96. The number of ether oxygens (including phenoxy) is 1. The molecule has 0 spiro atoms. The van der Waals surface area contributed by atoms with E-state index in [1.807, 2.05) is 42.5 Å². The number of rotatable bonds is 7. The normalized spacial score (nSPS) is 16.4. The summed E-state index contributed by atoms with van der Waals surface area (Å²) in [7, 11) is 1.67. The SMILES string of the molecule is COc1ccc(CCN2CCC(O)(CC(=O)c3ccccc3)CC2)cc1.Cl. The number of benzene rings is 2. The van der Waals surface area contributed by atoms with Gasteiger partial charge in [-0.2, -0.15) is 0 Å². The van der Waals surface area contributed by atoms with E-state index in [-0.39, 0.29) is 24.6 Å². The second-order valence-corrected chi connectivity index (χ2v) is 7.13. The molecule has 1 heterocycles. The molecule has 1 aliphatic rings. The molecule has 5 heteroatoms. The van der Waals surface area contributed by atoms with Crippen molar-refractivity contribution in [2.24, 2.45) is 0 Å². The van der Waals surface area contributed by atoms with Gasteiger partial charge in [0.2, 0.25) is 0 Å². The van der Waals surface area contributed by atoms with Crippen LogP contribution in [0.15, 0.2) is 54.6 Å². The van der Waals surface area contributed by atoms with Gasteiger partial charge in [-0.05, 0) is 37.0 Å². The second kappa shape index (κ2) is 9.88. The molecule has 146 valence electrons. The summed E-state index contributed by atoms with van der Waals surface area (Å²) in [5.41, 5.74) is 1.09. The van der Waals surface area contributed by atoms with E-state index in [4.69, 9.17) is 4.74 Å². The van der Waals surface area contributed by atoms with Gasteiger partial charge in [0, 0.05) is 31.6 Å². The summed E-state index contributed by atoms with van der Waals surface area (Å²) in [6.07, 6.45) is 2.48. The summed E-state index contributed by atoms with van der Waals surface area (Å²) in [6, 6.07) is 17.4. The summed E-state index contributed by atoms with van der Waals surface area (Å²) in [5, 5.41) is 10.8. The number of nitrogens with zero attached hydrogens (tertiary/aromatic N) is 1. The molecule has 2 aromatic rings. The van der Waals surface area contributed by atoms with E-state index in [0.29, 0.717) is 18.4 Å². The lowest BCUT2D eigenvalue weighted by molar-refractivity contribution is -0.0221. The van der Waals surface area contributed by atoms with Crippen molar-refractivity contribution in [2.75, 3.05) is 26.7 Å². The fourth-order valence-corrected chi connectivity index (χ4v) is 3.47. The Morgan fingerprint density at radius 2 is 1.70 bits per heavy atom. The highest BCUT2D eigenvalue weighted by Crippen LogP contribution is 2.27. The number of hydrogen-bond acceptors (Lipinski definition) is 4. The van der Waals surface area contributed by atoms with Crippen molar-refractivity contribution >= 4 is 18.2 Å². The number of hydrogen-bond donors (Lipinski definition) is 1. The quantitative estimate of drug-likeness (QED) is 0.732. The third-order valence-corrected chi connectivity index (χ3v) is 5.25. The summed E-state index contributed by atoms with van der Waals surface area (Å²) in [4.78, 5) is 14.7. The van der Waals surface area contributed by atoms with E-state index in [1.165, 1.54) is 5.56 Å². The van der Waals surface area contributed by atoms with Gasteiger partial charge >= 0.3 is 0 Å². The first-order valence-electron chi connectivity index (χ1n) is 9.24. The fourth-order valence-electron chi connectivity index (χ4n) is 3.47. The van der Waals surface area contributed by atoms with Gasteiger partial charge in [-0.3, -0.25) is 4.79 Å². The number of Topliss-reactive ketones (excluding diaryl/α,β-unsaturated/α-hetero) is 1. The van der Waals surface area contributed by atoms with Crippen LogP contribution in [0.4, 0.5) is 0 Å². The van der Waals surface area contributed by atoms with Crippen LogP contribution in [0.2, 0.25) is 0 Å². The van der Waals surface area contributed by atoms with Gasteiger partial charge in [-0.1, -0.05) is 42.5 Å². The molecule has 1 fully saturated rings. The number of methoxy groups -OCH3 is 1. The Morgan fingerprint density at radius 3 is 2.30 bits per heavy atom. The molecule has 0 amide bonds. The van der Waals surface area contributed by atoms with E-state index in [0.717, 1.165) is 31.8 Å². The van der Waals surface area contributed by atoms with E-state index in [1.54, 1.807) is 7.11 Å². The standard InChI is InChI=1S/C22H27NO3.ClH/c1-26-20-9-7-18(8-10-20)11-14-23-15-12-22(25,13-16-23)17-21(24)19-5-3-2-4-6-19;/h2-10,25H,11-17H2,1H3;1H. The molecule has 0 saturated carbocycles. The molecule has 1 N–H and O–H groups in total. The minimum Gasteiger partial charge on any atom is -0.497 e. The highest BCUT2D eigenvalue weighted by Gasteiger charge is 2.34. The number of aliphatic hydroxyl groups is 1. The third-order valence-electron chi connectivity index (χ3n) is 5.25. The number of ketones is 1. The summed E-state index contributed by atoms with van der Waals surface area (Å²) in [6.45, 7) is 2.62. The van der Waals surface area contributed by atoms with Crippen molar-refractivity contribution in [3.63, 3.8) is 0 Å². The van der Waals surface area contributed by atoms with Gasteiger partial charge < -0.3 is 14.7 Å². The molecule has 3 rings (SSSR count). The van der Waals surface area contributed by atoms with E-state index >= 15 is 0 Å². The Bertz CT molecular complexity index is 710. The Morgan fingerprint density at radius 1 is 1.07 bits per heavy atom. The number of likely N-dealkylation sites (tertiary alicyclic amines) is 1. The average Bonchev–Trinajstić information content (AvgIpc) is 2.68. The van der Waals surface area contributed by atoms with Gasteiger partial charge in [0.1, 0.15) is 5.75 Å². The monoisotopic (exact) mass is 389 g/mol.